The van der Waals surface area contributed by atoms with Gasteiger partial charge >= 0.3 is 0 Å². The normalized spacial score (nSPS) is 12.0. The molecule has 24 aromatic rings. The number of hydrogen-bond donors (Lipinski definition) is 0. The average molecular weight is 1490 g/mol. The summed E-state index contributed by atoms with van der Waals surface area (Å²) in [5.41, 5.74) is 25.2. The van der Waals surface area contributed by atoms with Gasteiger partial charge in [0.1, 0.15) is 0 Å². The Hall–Kier alpha value is -14.7. The largest absolute Gasteiger partial charge is 0.309 e. The molecule has 0 bridgehead atoms. The lowest BCUT2D eigenvalue weighted by Gasteiger charge is -2.14. The zero-order valence-corrected chi connectivity index (χ0v) is 62.8. The van der Waals surface area contributed by atoms with Crippen molar-refractivity contribution in [2.24, 2.45) is 0 Å². The van der Waals surface area contributed by atoms with Crippen LogP contribution in [0.4, 0.5) is 0 Å². The van der Waals surface area contributed by atoms with E-state index in [1.54, 1.807) is 0 Å². The van der Waals surface area contributed by atoms with Crippen LogP contribution in [0, 0.1) is 0 Å². The lowest BCUT2D eigenvalue weighted by atomic mass is 9.92. The van der Waals surface area contributed by atoms with Crippen molar-refractivity contribution in [1.29, 1.82) is 0 Å². The lowest BCUT2D eigenvalue weighted by Crippen LogP contribution is -1.98. The van der Waals surface area contributed by atoms with E-state index in [0.717, 1.165) is 117 Å². The zero-order chi connectivity index (χ0) is 74.6. The van der Waals surface area contributed by atoms with E-state index in [1.165, 1.54) is 100 Å². The first-order valence-corrected chi connectivity index (χ1v) is 40.2. The van der Waals surface area contributed by atoms with Crippen LogP contribution in [0.15, 0.2) is 376 Å². The van der Waals surface area contributed by atoms with Gasteiger partial charge in [0.15, 0.2) is 11.6 Å². The quantitative estimate of drug-likeness (QED) is 0.129. The van der Waals surface area contributed by atoms with Crippen LogP contribution in [0.3, 0.4) is 0 Å². The Morgan fingerprint density at radius 3 is 1.04 bits per heavy atom. The SMILES string of the molecule is c1ccc(-c2cc(-c3ccccc3)nc(-c3cccc(-n4c5ccccc5c5c(-c6cccc(-c7cc(-c8ccc(-n9c%10ccccc%10c%10cc%11c(cc%109)sc9cc%10c(cc9%11)c9ccccc9n%10-c9ccccc9)cc8)nc(-c8ccccc8)n7)c6)c6c(cc54)sc4cc5c(cc46)c4ccccc4n5-c4ccccc4)c3)n2)cc1. The zero-order valence-electron chi connectivity index (χ0n) is 61.2. The molecular weight excluding hydrogens is 1430 g/mol. The summed E-state index contributed by atoms with van der Waals surface area (Å²) in [5.74, 6) is 1.31. The van der Waals surface area contributed by atoms with Crippen LogP contribution < -0.4 is 0 Å². The van der Waals surface area contributed by atoms with Crippen LogP contribution >= 0.6 is 22.7 Å². The highest BCUT2D eigenvalue weighted by atomic mass is 32.1. The van der Waals surface area contributed by atoms with Gasteiger partial charge in [0, 0.05) is 145 Å². The third-order valence-corrected chi connectivity index (χ3v) is 25.3. The number of benzene rings is 16. The second-order valence-corrected chi connectivity index (χ2v) is 31.8. The van der Waals surface area contributed by atoms with Crippen molar-refractivity contribution in [3.05, 3.63) is 376 Å². The molecule has 530 valence electrons. The summed E-state index contributed by atoms with van der Waals surface area (Å²) in [5, 5.41) is 14.7. The summed E-state index contributed by atoms with van der Waals surface area (Å²) in [6, 6.07) is 136. The third-order valence-electron chi connectivity index (χ3n) is 23.1. The van der Waals surface area contributed by atoms with Crippen LogP contribution in [0.2, 0.25) is 0 Å². The first kappa shape index (κ1) is 64.2. The van der Waals surface area contributed by atoms with Crippen LogP contribution in [0.1, 0.15) is 0 Å². The maximum atomic E-state index is 5.54. The van der Waals surface area contributed by atoms with Crippen LogP contribution in [-0.4, -0.2) is 38.2 Å². The first-order chi connectivity index (χ1) is 56.5. The van der Waals surface area contributed by atoms with Crippen LogP contribution in [0.25, 0.3) is 229 Å². The minimum absolute atomic E-state index is 0.653. The summed E-state index contributed by atoms with van der Waals surface area (Å²) in [6.07, 6.45) is 0. The van der Waals surface area contributed by atoms with E-state index in [9.17, 15) is 0 Å². The Kier molecular flexibility index (Phi) is 14.3. The first-order valence-electron chi connectivity index (χ1n) is 38.6. The van der Waals surface area contributed by atoms with Gasteiger partial charge in [0.05, 0.1) is 66.9 Å². The number of aromatic nitrogens is 8. The van der Waals surface area contributed by atoms with Gasteiger partial charge in [-0.05, 0) is 139 Å². The summed E-state index contributed by atoms with van der Waals surface area (Å²) in [6.45, 7) is 0. The van der Waals surface area contributed by atoms with Crippen LogP contribution in [-0.2, 0) is 0 Å². The van der Waals surface area contributed by atoms with Crippen molar-refractivity contribution in [2.45, 2.75) is 0 Å². The fourth-order valence-electron chi connectivity index (χ4n) is 18.1. The van der Waals surface area contributed by atoms with Gasteiger partial charge in [-0.25, -0.2) is 19.9 Å². The summed E-state index contributed by atoms with van der Waals surface area (Å²) >= 11 is 3.73. The van der Waals surface area contributed by atoms with Crippen LogP contribution in [0.5, 0.6) is 0 Å². The van der Waals surface area contributed by atoms with E-state index in [4.69, 9.17) is 19.9 Å². The monoisotopic (exact) mass is 1490 g/mol. The summed E-state index contributed by atoms with van der Waals surface area (Å²) < 4.78 is 14.7. The Labute approximate surface area is 661 Å². The lowest BCUT2D eigenvalue weighted by molar-refractivity contribution is 1.16. The maximum Gasteiger partial charge on any atom is 0.160 e. The molecule has 10 heteroatoms. The molecule has 114 heavy (non-hydrogen) atoms. The molecule has 0 unspecified atom stereocenters. The fourth-order valence-corrected chi connectivity index (χ4v) is 20.3. The maximum absolute atomic E-state index is 5.54. The predicted molar refractivity (Wildman–Crippen MR) is 479 cm³/mol. The molecule has 24 rings (SSSR count). The molecule has 0 amide bonds. The van der Waals surface area contributed by atoms with E-state index in [-0.39, 0.29) is 0 Å². The highest BCUT2D eigenvalue weighted by molar-refractivity contribution is 7.26. The Morgan fingerprint density at radius 1 is 0.175 bits per heavy atom. The minimum atomic E-state index is 0.653. The predicted octanol–water partition coefficient (Wildman–Crippen LogP) is 28.1. The highest BCUT2D eigenvalue weighted by Gasteiger charge is 2.27. The van der Waals surface area contributed by atoms with Crippen molar-refractivity contribution in [3.63, 3.8) is 0 Å². The Morgan fingerprint density at radius 2 is 0.518 bits per heavy atom. The molecule has 0 N–H and O–H groups in total. The molecule has 0 spiro atoms. The van der Waals surface area contributed by atoms with Crippen molar-refractivity contribution in [2.75, 3.05) is 0 Å². The van der Waals surface area contributed by atoms with E-state index in [1.807, 2.05) is 34.8 Å². The second kappa shape index (κ2) is 25.4. The molecule has 16 aromatic carbocycles. The van der Waals surface area contributed by atoms with Gasteiger partial charge in [-0.2, -0.15) is 0 Å². The van der Waals surface area contributed by atoms with E-state index in [0.29, 0.717) is 11.6 Å². The number of para-hydroxylation sites is 6. The third kappa shape index (κ3) is 10.1. The van der Waals surface area contributed by atoms with Gasteiger partial charge in [-0.15, -0.1) is 22.7 Å². The smallest absolute Gasteiger partial charge is 0.160 e. The van der Waals surface area contributed by atoms with Crippen molar-refractivity contribution in [3.8, 4) is 102 Å². The van der Waals surface area contributed by atoms with Gasteiger partial charge in [0.25, 0.3) is 0 Å². The standard InChI is InChI=1S/C104H62N8S2/c1-6-26-63(27-7-1)84-57-85(64-28-8-2-9-29-64)107-104(106-84)69-34-25-39-73(53-69)112-91-47-23-19-43-77(91)101-95(112)62-99-102(83-56-80-76-42-18-21-45-89(76)110(71-37-14-5-15-38-71)94(80)61-98(83)114-99)100(101)68-33-24-32-67(52-68)87-58-86(105-103(108-87)66-30-10-3-11-31-66)65-48-50-72(51-49-65)111-90-46-22-17-41-75(90)79-55-82-81-54-78-74-40-16-20-44-88(74)109(70-35-12-4-13-36-70)92(78)59-96(81)113-97(82)60-93(79)111/h1-62H. The molecule has 0 aliphatic rings. The average Bonchev–Trinajstić information content (AvgIpc) is 1.53. The molecule has 0 radical (unpaired) electrons. The molecule has 0 saturated carbocycles. The molecular formula is C104H62N8S2. The Bertz CT molecular complexity index is 8020. The van der Waals surface area contributed by atoms with E-state index < -0.39 is 0 Å². The number of fused-ring (bicyclic) bond motifs is 18. The molecule has 8 nitrogen and oxygen atoms in total. The van der Waals surface area contributed by atoms with Crippen molar-refractivity contribution >= 4 is 150 Å². The highest BCUT2D eigenvalue weighted by Crippen LogP contribution is 2.52. The number of nitrogens with zero attached hydrogens (tertiary/aromatic N) is 8. The van der Waals surface area contributed by atoms with Gasteiger partial charge < -0.3 is 18.3 Å². The molecule has 8 aromatic heterocycles. The van der Waals surface area contributed by atoms with Gasteiger partial charge in [-0.3, -0.25) is 0 Å². The molecule has 0 saturated heterocycles. The minimum Gasteiger partial charge on any atom is -0.309 e. The van der Waals surface area contributed by atoms with Gasteiger partial charge in [-0.1, -0.05) is 243 Å². The molecule has 0 atom stereocenters. The van der Waals surface area contributed by atoms with E-state index >= 15 is 0 Å². The molecule has 0 aliphatic heterocycles. The van der Waals surface area contributed by atoms with E-state index in [2.05, 4.69) is 382 Å². The molecule has 0 aliphatic carbocycles. The summed E-state index contributed by atoms with van der Waals surface area (Å²) in [7, 11) is 0. The van der Waals surface area contributed by atoms with Crippen molar-refractivity contribution in [1.82, 2.24) is 38.2 Å². The number of thiophene rings is 2. The molecule has 8 heterocycles. The molecule has 0 fully saturated rings. The Balaban J connectivity index is 0.677. The number of hydrogen-bond acceptors (Lipinski definition) is 6. The fraction of sp³-hybridized carbons (Fsp3) is 0. The van der Waals surface area contributed by atoms with Gasteiger partial charge in [0.2, 0.25) is 0 Å². The second-order valence-electron chi connectivity index (χ2n) is 29.6. The number of rotatable bonds is 11. The van der Waals surface area contributed by atoms with Crippen molar-refractivity contribution < 1.29 is 0 Å². The summed E-state index contributed by atoms with van der Waals surface area (Å²) in [4.78, 5) is 21.7. The topological polar surface area (TPSA) is 71.3 Å².